The minimum atomic E-state index is -0.506. The molecule has 1 aliphatic heterocycles. The second-order valence-corrected chi connectivity index (χ2v) is 7.54. The number of methoxy groups -OCH3 is 1. The second-order valence-electron chi connectivity index (χ2n) is 6.73. The molecule has 1 saturated heterocycles. The molecule has 3 rings (SSSR count). The number of hydrogen-bond donors (Lipinski definition) is 2. The Balaban J connectivity index is 1.51. The van der Waals surface area contributed by atoms with Crippen molar-refractivity contribution >= 4 is 46.5 Å². The molecule has 2 aromatic carbocycles. The van der Waals surface area contributed by atoms with Gasteiger partial charge in [0, 0.05) is 31.7 Å². The number of thiocarbonyl (C=S) groups is 1. The Morgan fingerprint density at radius 3 is 2.59 bits per heavy atom. The number of halogens is 1. The van der Waals surface area contributed by atoms with E-state index in [9.17, 15) is 9.59 Å². The topological polar surface area (TPSA) is 70.7 Å². The van der Waals surface area contributed by atoms with E-state index in [2.05, 4.69) is 10.6 Å². The average Bonchev–Trinajstić information content (AvgIpc) is 3.12. The number of nitrogens with zero attached hydrogens (tertiary/aromatic N) is 1. The Hall–Kier alpha value is -2.64. The predicted molar refractivity (Wildman–Crippen MR) is 117 cm³/mol. The number of nitrogens with one attached hydrogen (secondary N) is 2. The quantitative estimate of drug-likeness (QED) is 0.536. The SMILES string of the molecule is COC(=O)c1cc(NC(=S)NCc2ccc(CN3CCCC3=O)cc2)ccc1Cl. The van der Waals surface area contributed by atoms with E-state index in [1.165, 1.54) is 7.11 Å². The van der Waals surface area contributed by atoms with Crippen LogP contribution in [0.15, 0.2) is 42.5 Å². The van der Waals surface area contributed by atoms with Gasteiger partial charge in [0.2, 0.25) is 5.91 Å². The molecule has 0 bridgehead atoms. The van der Waals surface area contributed by atoms with E-state index < -0.39 is 5.97 Å². The number of benzene rings is 2. The van der Waals surface area contributed by atoms with Gasteiger partial charge < -0.3 is 20.3 Å². The number of likely N-dealkylation sites (tertiary alicyclic amines) is 1. The first kappa shape index (κ1) is 21.1. The highest BCUT2D eigenvalue weighted by Gasteiger charge is 2.19. The minimum Gasteiger partial charge on any atom is -0.465 e. The molecule has 152 valence electrons. The number of carbonyl (C=O) groups is 2. The Bertz CT molecular complexity index is 918. The fourth-order valence-corrected chi connectivity index (χ4v) is 3.47. The lowest BCUT2D eigenvalue weighted by Crippen LogP contribution is -2.28. The molecule has 0 saturated carbocycles. The van der Waals surface area contributed by atoms with Crippen molar-refractivity contribution in [3.63, 3.8) is 0 Å². The van der Waals surface area contributed by atoms with Crippen LogP contribution in [0.3, 0.4) is 0 Å². The summed E-state index contributed by atoms with van der Waals surface area (Å²) in [5, 5.41) is 6.91. The first-order valence-electron chi connectivity index (χ1n) is 9.24. The standard InChI is InChI=1S/C21H22ClN3O3S/c1-28-20(27)17-11-16(8-9-18(17)22)24-21(29)23-12-14-4-6-15(7-5-14)13-25-10-2-3-19(25)26/h4-9,11H,2-3,10,12-13H2,1H3,(H2,23,24,29). The summed E-state index contributed by atoms with van der Waals surface area (Å²) in [6.07, 6.45) is 1.60. The number of amides is 1. The molecule has 1 amide bonds. The monoisotopic (exact) mass is 431 g/mol. The summed E-state index contributed by atoms with van der Waals surface area (Å²) >= 11 is 11.3. The van der Waals surface area contributed by atoms with Crippen molar-refractivity contribution in [2.24, 2.45) is 0 Å². The molecule has 0 spiro atoms. The van der Waals surface area contributed by atoms with Crippen LogP contribution in [-0.4, -0.2) is 35.5 Å². The smallest absolute Gasteiger partial charge is 0.339 e. The molecule has 0 atom stereocenters. The fraction of sp³-hybridized carbons (Fsp3) is 0.286. The zero-order valence-electron chi connectivity index (χ0n) is 16.0. The van der Waals surface area contributed by atoms with Crippen LogP contribution in [0.1, 0.15) is 34.3 Å². The number of ether oxygens (including phenoxy) is 1. The van der Waals surface area contributed by atoms with Crippen LogP contribution >= 0.6 is 23.8 Å². The van der Waals surface area contributed by atoms with Gasteiger partial charge in [0.25, 0.3) is 0 Å². The third-order valence-corrected chi connectivity index (χ3v) is 5.23. The third kappa shape index (κ3) is 5.68. The lowest BCUT2D eigenvalue weighted by Gasteiger charge is -2.16. The van der Waals surface area contributed by atoms with Gasteiger partial charge in [-0.25, -0.2) is 4.79 Å². The van der Waals surface area contributed by atoms with Gasteiger partial charge in [-0.2, -0.15) is 0 Å². The Morgan fingerprint density at radius 2 is 1.93 bits per heavy atom. The lowest BCUT2D eigenvalue weighted by atomic mass is 10.1. The minimum absolute atomic E-state index is 0.227. The summed E-state index contributed by atoms with van der Waals surface area (Å²) < 4.78 is 4.72. The normalized spacial score (nSPS) is 13.3. The molecular formula is C21H22ClN3O3S. The van der Waals surface area contributed by atoms with Gasteiger partial charge in [-0.1, -0.05) is 35.9 Å². The Morgan fingerprint density at radius 1 is 1.21 bits per heavy atom. The molecule has 0 aliphatic carbocycles. The van der Waals surface area contributed by atoms with E-state index in [0.29, 0.717) is 35.3 Å². The summed E-state index contributed by atoms with van der Waals surface area (Å²) in [4.78, 5) is 25.4. The van der Waals surface area contributed by atoms with Crippen molar-refractivity contribution in [2.75, 3.05) is 19.0 Å². The van der Waals surface area contributed by atoms with Crippen LogP contribution in [0.5, 0.6) is 0 Å². The van der Waals surface area contributed by atoms with Crippen molar-refractivity contribution in [3.8, 4) is 0 Å². The van der Waals surface area contributed by atoms with E-state index in [1.807, 2.05) is 29.2 Å². The van der Waals surface area contributed by atoms with Gasteiger partial charge in [0.05, 0.1) is 17.7 Å². The molecular weight excluding hydrogens is 410 g/mol. The van der Waals surface area contributed by atoms with Gasteiger partial charge in [-0.15, -0.1) is 0 Å². The highest BCUT2D eigenvalue weighted by atomic mass is 35.5. The number of hydrogen-bond acceptors (Lipinski definition) is 4. The molecule has 0 aromatic heterocycles. The van der Waals surface area contributed by atoms with Crippen molar-refractivity contribution < 1.29 is 14.3 Å². The van der Waals surface area contributed by atoms with Crippen LogP contribution in [0.25, 0.3) is 0 Å². The number of rotatable bonds is 6. The molecule has 1 fully saturated rings. The Labute approximate surface area is 180 Å². The number of carbonyl (C=O) groups excluding carboxylic acids is 2. The van der Waals surface area contributed by atoms with E-state index in [-0.39, 0.29) is 11.5 Å². The second kappa shape index (κ2) is 9.71. The molecule has 8 heteroatoms. The van der Waals surface area contributed by atoms with Gasteiger partial charge >= 0.3 is 5.97 Å². The maximum absolute atomic E-state index is 11.7. The third-order valence-electron chi connectivity index (χ3n) is 4.65. The van der Waals surface area contributed by atoms with Crippen LogP contribution in [0.4, 0.5) is 5.69 Å². The van der Waals surface area contributed by atoms with Crippen molar-refractivity contribution in [3.05, 3.63) is 64.2 Å². The van der Waals surface area contributed by atoms with Gasteiger partial charge in [0.15, 0.2) is 5.11 Å². The number of anilines is 1. The van der Waals surface area contributed by atoms with Crippen molar-refractivity contribution in [2.45, 2.75) is 25.9 Å². The summed E-state index contributed by atoms with van der Waals surface area (Å²) in [5.74, 6) is -0.280. The zero-order valence-corrected chi connectivity index (χ0v) is 17.6. The average molecular weight is 432 g/mol. The Kier molecular flexibility index (Phi) is 7.06. The summed E-state index contributed by atoms with van der Waals surface area (Å²) in [5.41, 5.74) is 3.09. The zero-order chi connectivity index (χ0) is 20.8. The van der Waals surface area contributed by atoms with Crippen LogP contribution in [-0.2, 0) is 22.6 Å². The molecule has 6 nitrogen and oxygen atoms in total. The van der Waals surface area contributed by atoms with E-state index in [1.54, 1.807) is 18.2 Å². The summed E-state index contributed by atoms with van der Waals surface area (Å²) in [6.45, 7) is 2.04. The van der Waals surface area contributed by atoms with Gasteiger partial charge in [0.1, 0.15) is 0 Å². The number of esters is 1. The van der Waals surface area contributed by atoms with E-state index in [4.69, 9.17) is 28.6 Å². The summed E-state index contributed by atoms with van der Waals surface area (Å²) in [6, 6.07) is 13.0. The lowest BCUT2D eigenvalue weighted by molar-refractivity contribution is -0.128. The van der Waals surface area contributed by atoms with Gasteiger partial charge in [-0.3, -0.25) is 4.79 Å². The maximum Gasteiger partial charge on any atom is 0.339 e. The van der Waals surface area contributed by atoms with E-state index in [0.717, 1.165) is 24.1 Å². The highest BCUT2D eigenvalue weighted by Crippen LogP contribution is 2.21. The van der Waals surface area contributed by atoms with E-state index >= 15 is 0 Å². The molecule has 1 aliphatic rings. The molecule has 2 aromatic rings. The molecule has 29 heavy (non-hydrogen) atoms. The molecule has 2 N–H and O–H groups in total. The van der Waals surface area contributed by atoms with Gasteiger partial charge in [-0.05, 0) is 48.0 Å². The van der Waals surface area contributed by atoms with Crippen molar-refractivity contribution in [1.82, 2.24) is 10.2 Å². The summed E-state index contributed by atoms with van der Waals surface area (Å²) in [7, 11) is 1.30. The largest absolute Gasteiger partial charge is 0.465 e. The molecule has 1 heterocycles. The maximum atomic E-state index is 11.7. The first-order valence-corrected chi connectivity index (χ1v) is 10.0. The fourth-order valence-electron chi connectivity index (χ4n) is 3.08. The van der Waals surface area contributed by atoms with Crippen LogP contribution in [0, 0.1) is 0 Å². The molecule has 0 unspecified atom stereocenters. The highest BCUT2D eigenvalue weighted by molar-refractivity contribution is 7.80. The van der Waals surface area contributed by atoms with Crippen LogP contribution in [0.2, 0.25) is 5.02 Å². The van der Waals surface area contributed by atoms with Crippen LogP contribution < -0.4 is 10.6 Å². The first-order chi connectivity index (χ1) is 14.0. The predicted octanol–water partition coefficient (Wildman–Crippen LogP) is 3.74. The molecule has 0 radical (unpaired) electrons. The van der Waals surface area contributed by atoms with Crippen molar-refractivity contribution in [1.29, 1.82) is 0 Å².